The highest BCUT2D eigenvalue weighted by atomic mass is 35.5. The third-order valence-corrected chi connectivity index (χ3v) is 7.61. The summed E-state index contributed by atoms with van der Waals surface area (Å²) >= 11 is 7.60. The number of thiophene rings is 1. The molecule has 1 atom stereocenters. The van der Waals surface area contributed by atoms with Gasteiger partial charge in [0.2, 0.25) is 12.0 Å². The number of nitrogens with zero attached hydrogens (tertiary/aromatic N) is 1. The highest BCUT2D eigenvalue weighted by Gasteiger charge is 2.45. The standard InChI is InChI=1S/C27H34ClN4O6S/c1-17-13-20(39-15-17)31-25(36)37-16-27(24(35)30-14-18-7-5-6-8-19(18)28)9-11-32(12-10-27)23(34)21(22(29)33)38-26(2,3)4/h5-8,13,15,21,29H,9-12,14,16H2,1-4H3,(H,30,35)(H,31,36). The monoisotopic (exact) mass is 577 g/mol. The zero-order valence-electron chi connectivity index (χ0n) is 22.5. The molecule has 211 valence electrons. The van der Waals surface area contributed by atoms with E-state index in [2.05, 4.69) is 10.6 Å². The van der Waals surface area contributed by atoms with Crippen LogP contribution in [0.1, 0.15) is 44.7 Å². The molecule has 0 saturated carbocycles. The van der Waals surface area contributed by atoms with Gasteiger partial charge in [-0.25, -0.2) is 4.79 Å². The minimum Gasteiger partial charge on any atom is -0.448 e. The van der Waals surface area contributed by atoms with Crippen LogP contribution < -0.4 is 16.4 Å². The number of nitrogens with one attached hydrogen (secondary N) is 3. The molecule has 4 amide bonds. The van der Waals surface area contributed by atoms with Crippen LogP contribution in [0.5, 0.6) is 0 Å². The molecule has 12 heteroatoms. The van der Waals surface area contributed by atoms with Crippen molar-refractivity contribution in [2.75, 3.05) is 25.0 Å². The number of amides is 4. The molecule has 1 aromatic carbocycles. The molecule has 1 radical (unpaired) electrons. The number of hydrogen-bond acceptors (Lipinski definition) is 7. The highest BCUT2D eigenvalue weighted by molar-refractivity contribution is 7.14. The van der Waals surface area contributed by atoms with E-state index in [1.54, 1.807) is 39.0 Å². The largest absolute Gasteiger partial charge is 0.448 e. The molecule has 1 fully saturated rings. The molecule has 2 heterocycles. The summed E-state index contributed by atoms with van der Waals surface area (Å²) < 4.78 is 11.1. The summed E-state index contributed by atoms with van der Waals surface area (Å²) in [6, 6.07) is 8.95. The topological polar surface area (TPSA) is 138 Å². The Labute approximate surface area is 237 Å². The predicted molar refractivity (Wildman–Crippen MR) is 148 cm³/mol. The second-order valence-electron chi connectivity index (χ2n) is 10.5. The molecule has 0 bridgehead atoms. The van der Waals surface area contributed by atoms with Crippen LogP contribution in [0.15, 0.2) is 35.7 Å². The molecule has 10 nitrogen and oxygen atoms in total. The fourth-order valence-corrected chi connectivity index (χ4v) is 5.15. The van der Waals surface area contributed by atoms with Gasteiger partial charge in [0.15, 0.2) is 0 Å². The summed E-state index contributed by atoms with van der Waals surface area (Å²) in [5.74, 6) is -2.09. The second-order valence-corrected chi connectivity index (χ2v) is 11.9. The smallest absolute Gasteiger partial charge is 0.412 e. The lowest BCUT2D eigenvalue weighted by atomic mass is 9.78. The Bertz CT molecular complexity index is 1200. The first-order valence-corrected chi connectivity index (χ1v) is 13.8. The number of piperidine rings is 1. The van der Waals surface area contributed by atoms with Crippen molar-refractivity contribution in [2.24, 2.45) is 5.41 Å². The summed E-state index contributed by atoms with van der Waals surface area (Å²) in [5.41, 5.74) is 7.33. The van der Waals surface area contributed by atoms with Crippen LogP contribution >= 0.6 is 22.9 Å². The summed E-state index contributed by atoms with van der Waals surface area (Å²) in [4.78, 5) is 52.4. The number of likely N-dealkylation sites (tertiary alicyclic amines) is 1. The zero-order valence-corrected chi connectivity index (χ0v) is 24.0. The minimum atomic E-state index is -1.55. The number of carbonyl (C=O) groups is 4. The fraction of sp³-hybridized carbons (Fsp3) is 0.481. The summed E-state index contributed by atoms with van der Waals surface area (Å²) in [7, 11) is 0. The Kier molecular flexibility index (Phi) is 9.98. The van der Waals surface area contributed by atoms with E-state index in [0.717, 1.165) is 11.1 Å². The zero-order chi connectivity index (χ0) is 28.8. The number of halogens is 1. The van der Waals surface area contributed by atoms with Crippen LogP contribution in [-0.2, 0) is 30.4 Å². The van der Waals surface area contributed by atoms with E-state index >= 15 is 0 Å². The van der Waals surface area contributed by atoms with Gasteiger partial charge in [0.25, 0.3) is 11.8 Å². The number of anilines is 1. The molecule has 2 aromatic rings. The molecule has 3 rings (SSSR count). The summed E-state index contributed by atoms with van der Waals surface area (Å²) in [6.07, 6.45) is -1.89. The lowest BCUT2D eigenvalue weighted by molar-refractivity contribution is -0.164. The fourth-order valence-electron chi connectivity index (χ4n) is 4.17. The second kappa shape index (κ2) is 12.8. The van der Waals surface area contributed by atoms with E-state index < -0.39 is 35.0 Å². The molecule has 0 spiro atoms. The van der Waals surface area contributed by atoms with Gasteiger partial charge in [0.05, 0.1) is 16.0 Å². The van der Waals surface area contributed by atoms with Crippen LogP contribution in [0.2, 0.25) is 5.02 Å². The van der Waals surface area contributed by atoms with Gasteiger partial charge in [0, 0.05) is 24.7 Å². The van der Waals surface area contributed by atoms with E-state index in [4.69, 9.17) is 26.8 Å². The lowest BCUT2D eigenvalue weighted by Crippen LogP contribution is -2.55. The first-order chi connectivity index (χ1) is 18.3. The van der Waals surface area contributed by atoms with Crippen LogP contribution in [0.25, 0.3) is 0 Å². The molecule has 0 aliphatic carbocycles. The van der Waals surface area contributed by atoms with Gasteiger partial charge in [-0.05, 0) is 69.2 Å². The van der Waals surface area contributed by atoms with Gasteiger partial charge >= 0.3 is 6.09 Å². The highest BCUT2D eigenvalue weighted by Crippen LogP contribution is 2.34. The maximum Gasteiger partial charge on any atom is 0.412 e. The number of carbonyl (C=O) groups excluding carboxylic acids is 4. The lowest BCUT2D eigenvalue weighted by Gasteiger charge is -2.41. The molecular weight excluding hydrogens is 544 g/mol. The SMILES string of the molecule is Cc1csc(NC(=O)OCC2(C(=O)NCc3ccccc3Cl)CCN(C(=O)C(OC(C)(C)C)C([NH])=O)CC2)c1. The van der Waals surface area contributed by atoms with E-state index in [9.17, 15) is 19.2 Å². The third kappa shape index (κ3) is 8.42. The normalized spacial score (nSPS) is 15.8. The van der Waals surface area contributed by atoms with Gasteiger partial charge in [0.1, 0.15) is 6.61 Å². The predicted octanol–water partition coefficient (Wildman–Crippen LogP) is 4.18. The third-order valence-electron chi connectivity index (χ3n) is 6.28. The summed E-state index contributed by atoms with van der Waals surface area (Å²) in [6.45, 7) is 7.19. The first-order valence-electron chi connectivity index (χ1n) is 12.5. The molecular formula is C27H34ClN4O6S. The van der Waals surface area contributed by atoms with Crippen LogP contribution in [-0.4, -0.2) is 60.1 Å². The Balaban J connectivity index is 1.72. The average Bonchev–Trinajstić information content (AvgIpc) is 3.28. The number of ether oxygens (including phenoxy) is 2. The molecule has 39 heavy (non-hydrogen) atoms. The quantitative estimate of drug-likeness (QED) is 0.429. The van der Waals surface area contributed by atoms with E-state index in [0.29, 0.717) is 10.0 Å². The van der Waals surface area contributed by atoms with Gasteiger partial charge in [-0.15, -0.1) is 11.3 Å². The molecule has 3 N–H and O–H groups in total. The number of rotatable bonds is 9. The van der Waals surface area contributed by atoms with Crippen molar-refractivity contribution in [3.8, 4) is 0 Å². The van der Waals surface area contributed by atoms with Gasteiger partial charge in [-0.2, -0.15) is 0 Å². The number of aryl methyl sites for hydroxylation is 1. The maximum absolute atomic E-state index is 13.5. The molecule has 1 aliphatic rings. The van der Waals surface area contributed by atoms with Gasteiger partial charge in [-0.1, -0.05) is 29.8 Å². The molecule has 1 aromatic heterocycles. The van der Waals surface area contributed by atoms with Crippen molar-refractivity contribution in [1.82, 2.24) is 16.0 Å². The van der Waals surface area contributed by atoms with Crippen molar-refractivity contribution in [3.63, 3.8) is 0 Å². The van der Waals surface area contributed by atoms with E-state index in [-0.39, 0.29) is 45.0 Å². The van der Waals surface area contributed by atoms with E-state index in [1.807, 2.05) is 24.4 Å². The summed E-state index contributed by atoms with van der Waals surface area (Å²) in [5, 5.41) is 8.60. The molecule has 1 unspecified atom stereocenters. The van der Waals surface area contributed by atoms with Crippen LogP contribution in [0, 0.1) is 12.3 Å². The van der Waals surface area contributed by atoms with Crippen molar-refractivity contribution < 1.29 is 28.7 Å². The first kappa shape index (κ1) is 30.4. The maximum atomic E-state index is 13.5. The minimum absolute atomic E-state index is 0.116. The number of hydrogen-bond donors (Lipinski definition) is 2. The average molecular weight is 578 g/mol. The molecule has 1 aliphatic heterocycles. The van der Waals surface area contributed by atoms with Crippen molar-refractivity contribution in [1.29, 1.82) is 0 Å². The van der Waals surface area contributed by atoms with Crippen LogP contribution in [0.4, 0.5) is 9.80 Å². The van der Waals surface area contributed by atoms with Gasteiger partial charge < -0.3 is 19.7 Å². The van der Waals surface area contributed by atoms with Gasteiger partial charge in [-0.3, -0.25) is 25.4 Å². The Hall–Kier alpha value is -3.15. The van der Waals surface area contributed by atoms with Crippen molar-refractivity contribution in [2.45, 2.75) is 58.8 Å². The van der Waals surface area contributed by atoms with Crippen molar-refractivity contribution in [3.05, 3.63) is 51.9 Å². The van der Waals surface area contributed by atoms with Crippen LogP contribution in [0.3, 0.4) is 0 Å². The number of benzene rings is 1. The Morgan fingerprint density at radius 3 is 2.41 bits per heavy atom. The Morgan fingerprint density at radius 1 is 1.18 bits per heavy atom. The van der Waals surface area contributed by atoms with Crippen molar-refractivity contribution >= 4 is 51.8 Å². The molecule has 1 saturated heterocycles. The Morgan fingerprint density at radius 2 is 1.85 bits per heavy atom. The van der Waals surface area contributed by atoms with E-state index in [1.165, 1.54) is 16.2 Å².